The highest BCUT2D eigenvalue weighted by atomic mass is 33.1. The van der Waals surface area contributed by atoms with Crippen LogP contribution in [0.4, 0.5) is 0 Å². The molecule has 0 saturated carbocycles. The number of rotatable bonds is 0. The van der Waals surface area contributed by atoms with E-state index in [2.05, 4.69) is 19.3 Å². The monoisotopic (exact) mass is 132 g/mol. The first-order valence-electron chi connectivity index (χ1n) is 2.29. The first-order valence-corrected chi connectivity index (χ1v) is 4.57. The van der Waals surface area contributed by atoms with E-state index in [-0.39, 0.29) is 0 Å². The number of hydrogen-bond donors (Lipinski definition) is 0. The van der Waals surface area contributed by atoms with Gasteiger partial charge in [-0.2, -0.15) is 0 Å². The largest absolute Gasteiger partial charge is 0.0819 e. The SMILES string of the molecule is CC1=CSSC1C. The van der Waals surface area contributed by atoms with Crippen LogP contribution in [0.2, 0.25) is 0 Å². The minimum Gasteiger partial charge on any atom is -0.0819 e. The molecule has 0 nitrogen and oxygen atoms in total. The Morgan fingerprint density at radius 3 is 2.57 bits per heavy atom. The smallest absolute Gasteiger partial charge is 0.0340 e. The minimum atomic E-state index is 0.755. The molecule has 1 aliphatic rings. The summed E-state index contributed by atoms with van der Waals surface area (Å²) >= 11 is 0. The van der Waals surface area contributed by atoms with Gasteiger partial charge in [-0.1, -0.05) is 27.2 Å². The lowest BCUT2D eigenvalue weighted by atomic mass is 10.3. The molecule has 1 atom stereocenters. The summed E-state index contributed by atoms with van der Waals surface area (Å²) in [5.41, 5.74) is 1.51. The summed E-state index contributed by atoms with van der Waals surface area (Å²) in [5, 5.41) is 2.97. The van der Waals surface area contributed by atoms with Crippen molar-refractivity contribution in [2.24, 2.45) is 0 Å². The topological polar surface area (TPSA) is 0 Å². The van der Waals surface area contributed by atoms with Crippen molar-refractivity contribution in [2.45, 2.75) is 19.1 Å². The average molecular weight is 132 g/mol. The Labute approximate surface area is 52.1 Å². The van der Waals surface area contributed by atoms with Gasteiger partial charge in [0.05, 0.1) is 0 Å². The predicted octanol–water partition coefficient (Wildman–Crippen LogP) is 2.67. The fraction of sp³-hybridized carbons (Fsp3) is 0.600. The van der Waals surface area contributed by atoms with Crippen LogP contribution in [0.15, 0.2) is 11.0 Å². The zero-order valence-corrected chi connectivity index (χ0v) is 6.10. The van der Waals surface area contributed by atoms with Crippen molar-refractivity contribution in [1.29, 1.82) is 0 Å². The normalized spacial score (nSPS) is 30.6. The molecule has 0 spiro atoms. The van der Waals surface area contributed by atoms with Gasteiger partial charge in [0.15, 0.2) is 0 Å². The van der Waals surface area contributed by atoms with Gasteiger partial charge in [0, 0.05) is 5.25 Å². The summed E-state index contributed by atoms with van der Waals surface area (Å²) in [6.07, 6.45) is 0. The van der Waals surface area contributed by atoms with E-state index in [4.69, 9.17) is 0 Å². The molecule has 0 aromatic carbocycles. The zero-order chi connectivity index (χ0) is 5.28. The van der Waals surface area contributed by atoms with Crippen LogP contribution in [0.3, 0.4) is 0 Å². The lowest BCUT2D eigenvalue weighted by Crippen LogP contribution is -1.88. The second-order valence-corrected chi connectivity index (χ2v) is 4.18. The summed E-state index contributed by atoms with van der Waals surface area (Å²) in [4.78, 5) is 0. The van der Waals surface area contributed by atoms with E-state index < -0.39 is 0 Å². The van der Waals surface area contributed by atoms with Crippen molar-refractivity contribution in [1.82, 2.24) is 0 Å². The molecule has 0 radical (unpaired) electrons. The quantitative estimate of drug-likeness (QED) is 0.465. The van der Waals surface area contributed by atoms with Crippen molar-refractivity contribution in [3.05, 3.63) is 11.0 Å². The Balaban J connectivity index is 2.54. The second kappa shape index (κ2) is 2.14. The van der Waals surface area contributed by atoms with E-state index in [1.165, 1.54) is 5.57 Å². The van der Waals surface area contributed by atoms with Gasteiger partial charge in [-0.15, -0.1) is 0 Å². The van der Waals surface area contributed by atoms with Crippen LogP contribution in [-0.4, -0.2) is 5.25 Å². The van der Waals surface area contributed by atoms with Crippen LogP contribution in [0, 0.1) is 0 Å². The Hall–Kier alpha value is 0.440. The van der Waals surface area contributed by atoms with Crippen LogP contribution >= 0.6 is 21.6 Å². The van der Waals surface area contributed by atoms with Gasteiger partial charge in [-0.25, -0.2) is 0 Å². The van der Waals surface area contributed by atoms with E-state index in [0.29, 0.717) is 0 Å². The van der Waals surface area contributed by atoms with E-state index in [9.17, 15) is 0 Å². The fourth-order valence-electron chi connectivity index (χ4n) is 0.359. The highest BCUT2D eigenvalue weighted by Gasteiger charge is 2.09. The van der Waals surface area contributed by atoms with Gasteiger partial charge < -0.3 is 0 Å². The average Bonchev–Trinajstić information content (AvgIpc) is 1.91. The Morgan fingerprint density at radius 1 is 1.71 bits per heavy atom. The van der Waals surface area contributed by atoms with Crippen molar-refractivity contribution >= 4 is 21.6 Å². The van der Waals surface area contributed by atoms with Crippen molar-refractivity contribution in [3.8, 4) is 0 Å². The summed E-state index contributed by atoms with van der Waals surface area (Å²) in [6, 6.07) is 0. The third kappa shape index (κ3) is 1.16. The molecule has 0 saturated heterocycles. The Morgan fingerprint density at radius 2 is 2.43 bits per heavy atom. The minimum absolute atomic E-state index is 0.755. The highest BCUT2D eigenvalue weighted by molar-refractivity contribution is 8.78. The summed E-state index contributed by atoms with van der Waals surface area (Å²) in [5.74, 6) is 0. The molecule has 7 heavy (non-hydrogen) atoms. The molecule has 1 aliphatic heterocycles. The molecule has 40 valence electrons. The van der Waals surface area contributed by atoms with Gasteiger partial charge in [-0.05, 0) is 19.3 Å². The van der Waals surface area contributed by atoms with Crippen LogP contribution in [-0.2, 0) is 0 Å². The third-order valence-electron chi connectivity index (χ3n) is 1.08. The van der Waals surface area contributed by atoms with Crippen LogP contribution in [0.5, 0.6) is 0 Å². The third-order valence-corrected chi connectivity index (χ3v) is 3.80. The van der Waals surface area contributed by atoms with Gasteiger partial charge in [-0.3, -0.25) is 0 Å². The number of hydrogen-bond acceptors (Lipinski definition) is 2. The molecule has 0 aliphatic carbocycles. The molecule has 1 rings (SSSR count). The fourth-order valence-corrected chi connectivity index (χ4v) is 2.82. The first kappa shape index (κ1) is 5.57. The van der Waals surface area contributed by atoms with Crippen molar-refractivity contribution < 1.29 is 0 Å². The summed E-state index contributed by atoms with van der Waals surface area (Å²) in [7, 11) is 3.77. The van der Waals surface area contributed by atoms with Gasteiger partial charge >= 0.3 is 0 Å². The van der Waals surface area contributed by atoms with Crippen molar-refractivity contribution in [3.63, 3.8) is 0 Å². The first-order chi connectivity index (χ1) is 3.30. The molecule has 0 fully saturated rings. The molecular formula is C5H8S2. The van der Waals surface area contributed by atoms with Crippen LogP contribution in [0.1, 0.15) is 13.8 Å². The second-order valence-electron chi connectivity index (χ2n) is 1.70. The predicted molar refractivity (Wildman–Crippen MR) is 38.4 cm³/mol. The van der Waals surface area contributed by atoms with Crippen molar-refractivity contribution in [2.75, 3.05) is 0 Å². The lowest BCUT2D eigenvalue weighted by molar-refractivity contribution is 1.14. The van der Waals surface area contributed by atoms with Crippen LogP contribution in [0.25, 0.3) is 0 Å². The lowest BCUT2D eigenvalue weighted by Gasteiger charge is -1.96. The summed E-state index contributed by atoms with van der Waals surface area (Å²) in [6.45, 7) is 4.41. The maximum atomic E-state index is 2.23. The Bertz CT molecular complexity index is 96.3. The molecule has 2 heteroatoms. The van der Waals surface area contributed by atoms with Gasteiger partial charge in [0.2, 0.25) is 0 Å². The molecule has 0 bridgehead atoms. The zero-order valence-electron chi connectivity index (χ0n) is 4.47. The molecule has 1 heterocycles. The maximum absolute atomic E-state index is 2.23. The van der Waals surface area contributed by atoms with E-state index in [0.717, 1.165) is 5.25 Å². The molecule has 0 N–H and O–H groups in total. The van der Waals surface area contributed by atoms with E-state index >= 15 is 0 Å². The maximum Gasteiger partial charge on any atom is 0.0340 e. The van der Waals surface area contributed by atoms with E-state index in [1.54, 1.807) is 0 Å². The molecular weight excluding hydrogens is 124 g/mol. The molecule has 1 unspecified atom stereocenters. The highest BCUT2D eigenvalue weighted by Crippen LogP contribution is 2.39. The Kier molecular flexibility index (Phi) is 1.70. The standard InChI is InChI=1S/C5H8S2/c1-4-3-6-7-5(4)2/h3,5H,1-2H3. The molecule has 0 aromatic rings. The molecule has 0 amide bonds. The summed E-state index contributed by atoms with van der Waals surface area (Å²) < 4.78 is 0. The van der Waals surface area contributed by atoms with Gasteiger partial charge in [0.1, 0.15) is 0 Å². The van der Waals surface area contributed by atoms with Gasteiger partial charge in [0.25, 0.3) is 0 Å². The van der Waals surface area contributed by atoms with Crippen LogP contribution < -0.4 is 0 Å². The van der Waals surface area contributed by atoms with E-state index in [1.807, 2.05) is 21.6 Å². The molecule has 0 aromatic heterocycles.